The zero-order valence-corrected chi connectivity index (χ0v) is 8.68. The van der Waals surface area contributed by atoms with Crippen LogP contribution >= 0.6 is 0 Å². The Morgan fingerprint density at radius 3 is 2.62 bits per heavy atom. The minimum absolute atomic E-state index is 0.194. The number of halogens is 4. The lowest BCUT2D eigenvalue weighted by Crippen LogP contribution is -2.20. The molecule has 1 N–H and O–H groups in total. The first-order chi connectivity index (χ1) is 7.44. The van der Waals surface area contributed by atoms with E-state index < -0.39 is 24.5 Å². The Hall–Kier alpha value is -1.17. The van der Waals surface area contributed by atoms with Crippen molar-refractivity contribution in [1.29, 1.82) is 0 Å². The minimum Gasteiger partial charge on any atom is -0.313 e. The number of nitrogens with one attached hydrogen (secondary N) is 1. The maximum absolute atomic E-state index is 13.3. The standard InChI is InChI=1S/C10H12F4N2/c1-15-9(2-4-10(12,13)14)7-3-5-16-6-8(7)11/h3,5-6,9,15H,2,4H2,1H3. The number of hydrogen-bond acceptors (Lipinski definition) is 2. The van der Waals surface area contributed by atoms with Gasteiger partial charge in [-0.15, -0.1) is 0 Å². The van der Waals surface area contributed by atoms with Crippen molar-refractivity contribution in [3.05, 3.63) is 29.8 Å². The first kappa shape index (κ1) is 12.9. The van der Waals surface area contributed by atoms with Gasteiger partial charge < -0.3 is 5.32 Å². The van der Waals surface area contributed by atoms with Gasteiger partial charge in [-0.3, -0.25) is 4.98 Å². The topological polar surface area (TPSA) is 24.9 Å². The lowest BCUT2D eigenvalue weighted by molar-refractivity contribution is -0.136. The summed E-state index contributed by atoms with van der Waals surface area (Å²) in [5, 5.41) is 2.66. The third-order valence-corrected chi connectivity index (χ3v) is 2.24. The van der Waals surface area contributed by atoms with Crippen molar-refractivity contribution < 1.29 is 17.6 Å². The Bertz CT molecular complexity index is 338. The summed E-state index contributed by atoms with van der Waals surface area (Å²) in [5.41, 5.74) is 0.210. The van der Waals surface area contributed by atoms with E-state index >= 15 is 0 Å². The predicted molar refractivity (Wildman–Crippen MR) is 51.3 cm³/mol. The molecule has 1 atom stereocenters. The number of alkyl halides is 3. The van der Waals surface area contributed by atoms with E-state index in [4.69, 9.17) is 0 Å². The molecule has 2 nitrogen and oxygen atoms in total. The molecular weight excluding hydrogens is 224 g/mol. The third kappa shape index (κ3) is 3.77. The summed E-state index contributed by atoms with van der Waals surface area (Å²) in [6.45, 7) is 0. The summed E-state index contributed by atoms with van der Waals surface area (Å²) in [6.07, 6.45) is -3.01. The minimum atomic E-state index is -4.22. The lowest BCUT2D eigenvalue weighted by Gasteiger charge is -2.17. The van der Waals surface area contributed by atoms with Crippen LogP contribution in [0, 0.1) is 5.82 Å². The molecule has 0 spiro atoms. The summed E-state index contributed by atoms with van der Waals surface area (Å²) >= 11 is 0. The number of aromatic nitrogens is 1. The molecule has 1 aromatic rings. The van der Waals surface area contributed by atoms with E-state index in [0.29, 0.717) is 0 Å². The summed E-state index contributed by atoms with van der Waals surface area (Å²) in [5.74, 6) is -0.593. The molecule has 0 aliphatic rings. The molecule has 0 saturated heterocycles. The molecular formula is C10H12F4N2. The summed E-state index contributed by atoms with van der Waals surface area (Å²) < 4.78 is 49.4. The highest BCUT2D eigenvalue weighted by Crippen LogP contribution is 2.28. The smallest absolute Gasteiger partial charge is 0.313 e. The van der Waals surface area contributed by atoms with Gasteiger partial charge in [-0.25, -0.2) is 4.39 Å². The summed E-state index contributed by atoms with van der Waals surface area (Å²) in [7, 11) is 1.50. The van der Waals surface area contributed by atoms with Crippen molar-refractivity contribution in [2.75, 3.05) is 7.05 Å². The van der Waals surface area contributed by atoms with Gasteiger partial charge in [0.2, 0.25) is 0 Å². The number of rotatable bonds is 4. The first-order valence-electron chi connectivity index (χ1n) is 4.77. The molecule has 0 aliphatic heterocycles. The van der Waals surface area contributed by atoms with E-state index in [1.54, 1.807) is 0 Å². The van der Waals surface area contributed by atoms with Gasteiger partial charge in [0.05, 0.1) is 6.20 Å². The van der Waals surface area contributed by atoms with Gasteiger partial charge in [0.15, 0.2) is 0 Å². The Kier molecular flexibility index (Phi) is 4.23. The molecule has 0 aromatic carbocycles. The van der Waals surface area contributed by atoms with Crippen LogP contribution in [0.2, 0.25) is 0 Å². The second kappa shape index (κ2) is 5.25. The van der Waals surface area contributed by atoms with Crippen LogP contribution < -0.4 is 5.32 Å². The largest absolute Gasteiger partial charge is 0.389 e. The Morgan fingerprint density at radius 1 is 1.44 bits per heavy atom. The van der Waals surface area contributed by atoms with E-state index in [0.717, 1.165) is 6.20 Å². The van der Waals surface area contributed by atoms with Gasteiger partial charge in [-0.05, 0) is 19.5 Å². The van der Waals surface area contributed by atoms with Crippen molar-refractivity contribution >= 4 is 0 Å². The second-order valence-electron chi connectivity index (χ2n) is 3.39. The highest BCUT2D eigenvalue weighted by atomic mass is 19.4. The molecule has 1 rings (SSSR count). The van der Waals surface area contributed by atoms with Crippen LogP contribution in [0.4, 0.5) is 17.6 Å². The zero-order valence-electron chi connectivity index (χ0n) is 8.68. The van der Waals surface area contributed by atoms with E-state index in [1.165, 1.54) is 19.3 Å². The molecule has 16 heavy (non-hydrogen) atoms. The van der Waals surface area contributed by atoms with Gasteiger partial charge in [-0.2, -0.15) is 13.2 Å². The molecule has 1 aromatic heterocycles. The molecule has 0 saturated carbocycles. The average molecular weight is 236 g/mol. The quantitative estimate of drug-likeness (QED) is 0.813. The lowest BCUT2D eigenvalue weighted by atomic mass is 10.0. The highest BCUT2D eigenvalue weighted by Gasteiger charge is 2.28. The molecule has 0 fully saturated rings. The molecule has 6 heteroatoms. The fourth-order valence-electron chi connectivity index (χ4n) is 1.43. The zero-order chi connectivity index (χ0) is 12.2. The van der Waals surface area contributed by atoms with Crippen molar-refractivity contribution in [2.24, 2.45) is 0 Å². The van der Waals surface area contributed by atoms with Crippen molar-refractivity contribution in [3.63, 3.8) is 0 Å². The molecule has 1 heterocycles. The first-order valence-corrected chi connectivity index (χ1v) is 4.77. The molecule has 90 valence electrons. The fraction of sp³-hybridized carbons (Fsp3) is 0.500. The maximum Gasteiger partial charge on any atom is 0.389 e. The molecule has 0 bridgehead atoms. The van der Waals surface area contributed by atoms with Crippen molar-refractivity contribution in [3.8, 4) is 0 Å². The average Bonchev–Trinajstić information content (AvgIpc) is 2.20. The monoisotopic (exact) mass is 236 g/mol. The number of hydrogen-bond donors (Lipinski definition) is 1. The fourth-order valence-corrected chi connectivity index (χ4v) is 1.43. The van der Waals surface area contributed by atoms with Crippen LogP contribution in [0.15, 0.2) is 18.5 Å². The molecule has 0 aliphatic carbocycles. The predicted octanol–water partition coefficient (Wildman–Crippen LogP) is 2.82. The summed E-state index contributed by atoms with van der Waals surface area (Å²) in [4.78, 5) is 3.55. The van der Waals surface area contributed by atoms with Crippen LogP contribution in [-0.4, -0.2) is 18.2 Å². The van der Waals surface area contributed by atoms with E-state index in [9.17, 15) is 17.6 Å². The van der Waals surface area contributed by atoms with E-state index in [-0.39, 0.29) is 12.0 Å². The van der Waals surface area contributed by atoms with Crippen molar-refractivity contribution in [2.45, 2.75) is 25.1 Å². The van der Waals surface area contributed by atoms with Gasteiger partial charge >= 0.3 is 6.18 Å². The van der Waals surface area contributed by atoms with Gasteiger partial charge in [0.1, 0.15) is 5.82 Å². The van der Waals surface area contributed by atoms with Crippen LogP contribution in [0.3, 0.4) is 0 Å². The normalized spacial score (nSPS) is 13.8. The molecule has 0 amide bonds. The van der Waals surface area contributed by atoms with Crippen LogP contribution in [-0.2, 0) is 0 Å². The third-order valence-electron chi connectivity index (χ3n) is 2.24. The van der Waals surface area contributed by atoms with Crippen LogP contribution in [0.25, 0.3) is 0 Å². The molecule has 0 radical (unpaired) electrons. The van der Waals surface area contributed by atoms with Gasteiger partial charge in [0, 0.05) is 24.2 Å². The van der Waals surface area contributed by atoms with Crippen LogP contribution in [0.1, 0.15) is 24.4 Å². The number of nitrogens with zero attached hydrogens (tertiary/aromatic N) is 1. The van der Waals surface area contributed by atoms with Crippen molar-refractivity contribution in [1.82, 2.24) is 10.3 Å². The Balaban J connectivity index is 2.72. The maximum atomic E-state index is 13.3. The number of pyridine rings is 1. The van der Waals surface area contributed by atoms with E-state index in [2.05, 4.69) is 10.3 Å². The van der Waals surface area contributed by atoms with E-state index in [1.807, 2.05) is 0 Å². The SMILES string of the molecule is CNC(CCC(F)(F)F)c1ccncc1F. The van der Waals surface area contributed by atoms with Gasteiger partial charge in [0.25, 0.3) is 0 Å². The summed E-state index contributed by atoms with van der Waals surface area (Å²) in [6, 6.07) is 0.733. The Morgan fingerprint density at radius 2 is 2.12 bits per heavy atom. The Labute approximate surface area is 90.7 Å². The molecule has 1 unspecified atom stereocenters. The van der Waals surface area contributed by atoms with Gasteiger partial charge in [-0.1, -0.05) is 0 Å². The van der Waals surface area contributed by atoms with Crippen LogP contribution in [0.5, 0.6) is 0 Å². The second-order valence-corrected chi connectivity index (χ2v) is 3.39. The highest BCUT2D eigenvalue weighted by molar-refractivity contribution is 5.17.